The van der Waals surface area contributed by atoms with Crippen LogP contribution in [-0.2, 0) is 0 Å². The Kier molecular flexibility index (Phi) is 1.43. The first kappa shape index (κ1) is 7.91. The quantitative estimate of drug-likeness (QED) is 0.699. The van der Waals surface area contributed by atoms with E-state index in [2.05, 4.69) is 4.98 Å². The lowest BCUT2D eigenvalue weighted by Crippen LogP contribution is -1.79. The Hall–Kier alpha value is -1.45. The van der Waals surface area contributed by atoms with Crippen LogP contribution in [0.5, 0.6) is 0 Å². The molecule has 0 unspecified atom stereocenters. The molecule has 0 amide bonds. The van der Waals surface area contributed by atoms with Crippen molar-refractivity contribution in [3.63, 3.8) is 0 Å². The standard InChI is InChI=1S/C10H7F2NO/c11-6-3-7(12)9-8(4-6)13-10(14-9)5-1-2-5/h3-5H,1-2H2. The molecule has 14 heavy (non-hydrogen) atoms. The third kappa shape index (κ3) is 1.10. The third-order valence-electron chi connectivity index (χ3n) is 2.35. The van der Waals surface area contributed by atoms with Gasteiger partial charge in [0, 0.05) is 18.1 Å². The number of aromatic nitrogens is 1. The van der Waals surface area contributed by atoms with Crippen LogP contribution in [-0.4, -0.2) is 4.98 Å². The number of benzene rings is 1. The highest BCUT2D eigenvalue weighted by Gasteiger charge is 2.29. The first-order valence-electron chi connectivity index (χ1n) is 4.49. The molecule has 0 bridgehead atoms. The first-order valence-corrected chi connectivity index (χ1v) is 4.49. The van der Waals surface area contributed by atoms with E-state index in [9.17, 15) is 8.78 Å². The van der Waals surface area contributed by atoms with E-state index in [0.29, 0.717) is 11.8 Å². The van der Waals surface area contributed by atoms with E-state index in [0.717, 1.165) is 18.9 Å². The number of hydrogen-bond acceptors (Lipinski definition) is 2. The SMILES string of the molecule is Fc1cc(F)c2oc(C3CC3)nc2c1. The number of halogens is 2. The van der Waals surface area contributed by atoms with Gasteiger partial charge in [0.1, 0.15) is 11.3 Å². The second-order valence-corrected chi connectivity index (χ2v) is 3.56. The summed E-state index contributed by atoms with van der Waals surface area (Å²) in [6, 6.07) is 2.00. The zero-order valence-corrected chi connectivity index (χ0v) is 7.26. The molecule has 3 rings (SSSR count). The van der Waals surface area contributed by atoms with Crippen molar-refractivity contribution in [2.75, 3.05) is 0 Å². The minimum atomic E-state index is -0.681. The largest absolute Gasteiger partial charge is 0.437 e. The number of rotatable bonds is 1. The number of oxazole rings is 1. The normalized spacial score (nSPS) is 16.4. The molecule has 0 radical (unpaired) electrons. The lowest BCUT2D eigenvalue weighted by molar-refractivity contribution is 0.504. The molecule has 1 aliphatic carbocycles. The number of hydrogen-bond donors (Lipinski definition) is 0. The van der Waals surface area contributed by atoms with Gasteiger partial charge in [0.25, 0.3) is 0 Å². The van der Waals surface area contributed by atoms with Gasteiger partial charge in [-0.05, 0) is 12.8 Å². The monoisotopic (exact) mass is 195 g/mol. The molecule has 2 nitrogen and oxygen atoms in total. The second-order valence-electron chi connectivity index (χ2n) is 3.56. The molecule has 1 aromatic heterocycles. The molecule has 0 aliphatic heterocycles. The fourth-order valence-electron chi connectivity index (χ4n) is 1.48. The van der Waals surface area contributed by atoms with Crippen molar-refractivity contribution in [2.24, 2.45) is 0 Å². The van der Waals surface area contributed by atoms with Gasteiger partial charge >= 0.3 is 0 Å². The van der Waals surface area contributed by atoms with E-state index in [1.807, 2.05) is 0 Å². The zero-order valence-electron chi connectivity index (χ0n) is 7.26. The Morgan fingerprint density at radius 2 is 2.07 bits per heavy atom. The van der Waals surface area contributed by atoms with Gasteiger partial charge in [0.15, 0.2) is 17.3 Å². The topological polar surface area (TPSA) is 26.0 Å². The minimum absolute atomic E-state index is 0.0632. The van der Waals surface area contributed by atoms with E-state index >= 15 is 0 Å². The highest BCUT2D eigenvalue weighted by Crippen LogP contribution is 2.40. The van der Waals surface area contributed by atoms with Gasteiger partial charge in [-0.15, -0.1) is 0 Å². The van der Waals surface area contributed by atoms with Gasteiger partial charge in [0.2, 0.25) is 0 Å². The smallest absolute Gasteiger partial charge is 0.198 e. The predicted molar refractivity (Wildman–Crippen MR) is 45.9 cm³/mol. The van der Waals surface area contributed by atoms with Gasteiger partial charge in [-0.2, -0.15) is 0 Å². The van der Waals surface area contributed by atoms with Gasteiger partial charge in [-0.1, -0.05) is 0 Å². The summed E-state index contributed by atoms with van der Waals surface area (Å²) in [6.45, 7) is 0. The zero-order chi connectivity index (χ0) is 9.71. The van der Waals surface area contributed by atoms with Crippen LogP contribution in [0.25, 0.3) is 11.1 Å². The minimum Gasteiger partial charge on any atom is -0.437 e. The molecule has 0 saturated heterocycles. The van der Waals surface area contributed by atoms with Crippen molar-refractivity contribution in [1.82, 2.24) is 4.98 Å². The van der Waals surface area contributed by atoms with Crippen molar-refractivity contribution in [2.45, 2.75) is 18.8 Å². The van der Waals surface area contributed by atoms with Crippen LogP contribution >= 0.6 is 0 Å². The fourth-order valence-corrected chi connectivity index (χ4v) is 1.48. The molecule has 1 heterocycles. The van der Waals surface area contributed by atoms with E-state index in [1.165, 1.54) is 6.07 Å². The molecule has 0 spiro atoms. The summed E-state index contributed by atoms with van der Waals surface area (Å²) < 4.78 is 31.2. The average Bonchev–Trinajstić information content (AvgIpc) is 2.87. The summed E-state index contributed by atoms with van der Waals surface area (Å²) in [5.41, 5.74) is 0.331. The highest BCUT2D eigenvalue weighted by atomic mass is 19.1. The maximum absolute atomic E-state index is 13.2. The Morgan fingerprint density at radius 1 is 1.29 bits per heavy atom. The molecule has 72 valence electrons. The number of fused-ring (bicyclic) bond motifs is 1. The lowest BCUT2D eigenvalue weighted by Gasteiger charge is -1.89. The Bertz CT molecular complexity index is 502. The van der Waals surface area contributed by atoms with Crippen molar-refractivity contribution in [3.05, 3.63) is 29.7 Å². The van der Waals surface area contributed by atoms with Crippen molar-refractivity contribution >= 4 is 11.1 Å². The molecule has 1 fully saturated rings. The molecule has 1 aliphatic rings. The molecular formula is C10H7F2NO. The highest BCUT2D eigenvalue weighted by molar-refractivity contribution is 5.73. The lowest BCUT2D eigenvalue weighted by atomic mass is 10.3. The van der Waals surface area contributed by atoms with E-state index < -0.39 is 11.6 Å². The molecule has 0 atom stereocenters. The number of nitrogens with zero attached hydrogens (tertiary/aromatic N) is 1. The molecule has 4 heteroatoms. The van der Waals surface area contributed by atoms with E-state index in [4.69, 9.17) is 4.42 Å². The van der Waals surface area contributed by atoms with Crippen LogP contribution in [0.1, 0.15) is 24.7 Å². The third-order valence-corrected chi connectivity index (χ3v) is 2.35. The maximum Gasteiger partial charge on any atom is 0.198 e. The van der Waals surface area contributed by atoms with Gasteiger partial charge in [-0.3, -0.25) is 0 Å². The van der Waals surface area contributed by atoms with Crippen molar-refractivity contribution < 1.29 is 13.2 Å². The van der Waals surface area contributed by atoms with E-state index in [1.54, 1.807) is 0 Å². The summed E-state index contributed by atoms with van der Waals surface area (Å²) >= 11 is 0. The van der Waals surface area contributed by atoms with Crippen LogP contribution in [0.3, 0.4) is 0 Å². The predicted octanol–water partition coefficient (Wildman–Crippen LogP) is 2.98. The fraction of sp³-hybridized carbons (Fsp3) is 0.300. The molecule has 0 N–H and O–H groups in total. The summed E-state index contributed by atoms with van der Waals surface area (Å²) in [4.78, 5) is 4.05. The summed E-state index contributed by atoms with van der Waals surface area (Å²) in [6.07, 6.45) is 2.05. The average molecular weight is 195 g/mol. The van der Waals surface area contributed by atoms with Crippen LogP contribution < -0.4 is 0 Å². The van der Waals surface area contributed by atoms with Gasteiger partial charge in [-0.25, -0.2) is 13.8 Å². The molecular weight excluding hydrogens is 188 g/mol. The van der Waals surface area contributed by atoms with Crippen LogP contribution in [0, 0.1) is 11.6 Å². The maximum atomic E-state index is 13.2. The Morgan fingerprint density at radius 3 is 2.79 bits per heavy atom. The Labute approximate surface area is 78.5 Å². The second kappa shape index (κ2) is 2.53. The van der Waals surface area contributed by atoms with E-state index in [-0.39, 0.29) is 11.1 Å². The summed E-state index contributed by atoms with van der Waals surface area (Å²) in [5.74, 6) is -0.459. The van der Waals surface area contributed by atoms with Crippen LogP contribution in [0.15, 0.2) is 16.5 Å². The molecule has 1 aromatic carbocycles. The van der Waals surface area contributed by atoms with Crippen molar-refractivity contribution in [1.29, 1.82) is 0 Å². The molecule has 1 saturated carbocycles. The molecule has 2 aromatic rings. The van der Waals surface area contributed by atoms with Gasteiger partial charge < -0.3 is 4.42 Å². The van der Waals surface area contributed by atoms with Gasteiger partial charge in [0.05, 0.1) is 0 Å². The first-order chi connectivity index (χ1) is 6.74. The van der Waals surface area contributed by atoms with Crippen molar-refractivity contribution in [3.8, 4) is 0 Å². The Balaban J connectivity index is 2.26. The summed E-state index contributed by atoms with van der Waals surface area (Å²) in [7, 11) is 0. The summed E-state index contributed by atoms with van der Waals surface area (Å²) in [5, 5.41) is 0. The van der Waals surface area contributed by atoms with Crippen LogP contribution in [0.2, 0.25) is 0 Å². The van der Waals surface area contributed by atoms with Crippen LogP contribution in [0.4, 0.5) is 8.78 Å².